The number of rotatable bonds is 0. The van der Waals surface area contributed by atoms with Crippen LogP contribution in [0.2, 0.25) is 5.02 Å². The molecule has 2 aromatic rings. The van der Waals surface area contributed by atoms with Crippen molar-refractivity contribution in [2.45, 2.75) is 6.92 Å². The van der Waals surface area contributed by atoms with Gasteiger partial charge in [0, 0.05) is 5.39 Å². The molecule has 0 spiro atoms. The van der Waals surface area contributed by atoms with Crippen molar-refractivity contribution in [2.75, 3.05) is 0 Å². The van der Waals surface area contributed by atoms with Gasteiger partial charge in [-0.15, -0.1) is 0 Å². The number of para-hydroxylation sites is 1. The quantitative estimate of drug-likeness (QED) is 0.724. The Morgan fingerprint density at radius 3 is 2.83 bits per heavy atom. The Hall–Kier alpha value is -0.470. The second kappa shape index (κ2) is 2.79. The van der Waals surface area contributed by atoms with Crippen molar-refractivity contribution in [1.29, 1.82) is 0 Å². The molecule has 0 aliphatic heterocycles. The third-order valence-electron chi connectivity index (χ3n) is 1.98. The first-order chi connectivity index (χ1) is 5.70. The minimum atomic E-state index is 0.765. The van der Waals surface area contributed by atoms with E-state index >= 15 is 0 Å². The molecule has 2 rings (SSSR count). The molecule has 1 heterocycles. The normalized spacial score (nSPS) is 10.9. The highest BCUT2D eigenvalue weighted by Gasteiger charge is 2.06. The summed E-state index contributed by atoms with van der Waals surface area (Å²) in [6, 6.07) is 5.89. The number of hydrogen-bond acceptors (Lipinski definition) is 0. The van der Waals surface area contributed by atoms with Crippen LogP contribution in [-0.4, -0.2) is 4.98 Å². The van der Waals surface area contributed by atoms with Crippen LogP contribution in [0.25, 0.3) is 10.9 Å². The maximum atomic E-state index is 5.99. The molecule has 0 saturated carbocycles. The molecule has 1 aromatic heterocycles. The van der Waals surface area contributed by atoms with E-state index in [-0.39, 0.29) is 0 Å². The second-order valence-corrected chi connectivity index (χ2v) is 3.93. The molecular formula is C9H7BrClN. The number of benzene rings is 1. The average molecular weight is 245 g/mol. The zero-order valence-corrected chi connectivity index (χ0v) is 8.83. The number of aromatic nitrogens is 1. The first-order valence-electron chi connectivity index (χ1n) is 3.62. The SMILES string of the molecule is Cc1c(Br)[nH]c2c(Cl)cccc12. The number of fused-ring (bicyclic) bond motifs is 1. The van der Waals surface area contributed by atoms with Crippen LogP contribution in [0.5, 0.6) is 0 Å². The Balaban J connectivity index is 2.95. The van der Waals surface area contributed by atoms with Crippen LogP contribution >= 0.6 is 27.5 Å². The molecule has 0 amide bonds. The largest absolute Gasteiger partial charge is 0.348 e. The van der Waals surface area contributed by atoms with E-state index in [1.165, 1.54) is 10.9 Å². The molecule has 62 valence electrons. The minimum Gasteiger partial charge on any atom is -0.348 e. The van der Waals surface area contributed by atoms with Crippen molar-refractivity contribution in [3.63, 3.8) is 0 Å². The fraction of sp³-hybridized carbons (Fsp3) is 0.111. The first kappa shape index (κ1) is 8.14. The van der Waals surface area contributed by atoms with Crippen molar-refractivity contribution >= 4 is 38.4 Å². The Morgan fingerprint density at radius 1 is 1.42 bits per heavy atom. The van der Waals surface area contributed by atoms with Crippen molar-refractivity contribution in [3.05, 3.63) is 33.4 Å². The van der Waals surface area contributed by atoms with Crippen LogP contribution in [0.3, 0.4) is 0 Å². The summed E-state index contributed by atoms with van der Waals surface area (Å²) in [5.41, 5.74) is 2.20. The van der Waals surface area contributed by atoms with Gasteiger partial charge in [-0.2, -0.15) is 0 Å². The van der Waals surface area contributed by atoms with E-state index in [2.05, 4.69) is 33.9 Å². The third-order valence-corrected chi connectivity index (χ3v) is 3.09. The second-order valence-electron chi connectivity index (χ2n) is 2.73. The molecule has 1 N–H and O–H groups in total. The van der Waals surface area contributed by atoms with Gasteiger partial charge >= 0.3 is 0 Å². The summed E-state index contributed by atoms with van der Waals surface area (Å²) < 4.78 is 1.01. The molecule has 0 bridgehead atoms. The van der Waals surface area contributed by atoms with E-state index in [0.29, 0.717) is 0 Å². The van der Waals surface area contributed by atoms with E-state index in [1.807, 2.05) is 12.1 Å². The van der Waals surface area contributed by atoms with Crippen molar-refractivity contribution < 1.29 is 0 Å². The summed E-state index contributed by atoms with van der Waals surface area (Å²) in [4.78, 5) is 3.18. The van der Waals surface area contributed by atoms with E-state index in [9.17, 15) is 0 Å². The molecule has 0 unspecified atom stereocenters. The zero-order chi connectivity index (χ0) is 8.72. The number of halogens is 2. The fourth-order valence-electron chi connectivity index (χ4n) is 1.29. The van der Waals surface area contributed by atoms with Gasteiger partial charge in [0.1, 0.15) is 0 Å². The van der Waals surface area contributed by atoms with Crippen LogP contribution in [0.4, 0.5) is 0 Å². The number of hydrogen-bond donors (Lipinski definition) is 1. The van der Waals surface area contributed by atoms with E-state index < -0.39 is 0 Å². The van der Waals surface area contributed by atoms with Gasteiger partial charge in [0.25, 0.3) is 0 Å². The number of aromatic amines is 1. The van der Waals surface area contributed by atoms with Gasteiger partial charge in [0.2, 0.25) is 0 Å². The van der Waals surface area contributed by atoms with Crippen LogP contribution < -0.4 is 0 Å². The van der Waals surface area contributed by atoms with Crippen LogP contribution in [0, 0.1) is 6.92 Å². The lowest BCUT2D eigenvalue weighted by atomic mass is 10.2. The topological polar surface area (TPSA) is 15.8 Å². The van der Waals surface area contributed by atoms with Gasteiger partial charge in [-0.05, 0) is 34.5 Å². The van der Waals surface area contributed by atoms with Gasteiger partial charge in [0.05, 0.1) is 15.1 Å². The molecule has 12 heavy (non-hydrogen) atoms. The Kier molecular flexibility index (Phi) is 1.89. The Labute approximate surface area is 83.9 Å². The van der Waals surface area contributed by atoms with Crippen molar-refractivity contribution in [2.24, 2.45) is 0 Å². The van der Waals surface area contributed by atoms with Crippen molar-refractivity contribution in [1.82, 2.24) is 4.98 Å². The van der Waals surface area contributed by atoms with Gasteiger partial charge in [-0.1, -0.05) is 23.7 Å². The summed E-state index contributed by atoms with van der Waals surface area (Å²) >= 11 is 9.42. The van der Waals surface area contributed by atoms with E-state index in [1.54, 1.807) is 0 Å². The Bertz CT molecular complexity index is 433. The first-order valence-corrected chi connectivity index (χ1v) is 4.79. The molecule has 1 aromatic carbocycles. The molecule has 0 aliphatic carbocycles. The summed E-state index contributed by atoms with van der Waals surface area (Å²) in [7, 11) is 0. The van der Waals surface area contributed by atoms with Crippen molar-refractivity contribution in [3.8, 4) is 0 Å². The lowest BCUT2D eigenvalue weighted by Gasteiger charge is -1.92. The summed E-state index contributed by atoms with van der Waals surface area (Å²) in [5, 5.41) is 1.94. The molecule has 0 radical (unpaired) electrons. The fourth-order valence-corrected chi connectivity index (χ4v) is 1.92. The summed E-state index contributed by atoms with van der Waals surface area (Å²) in [6.45, 7) is 2.05. The Morgan fingerprint density at radius 2 is 2.17 bits per heavy atom. The lowest BCUT2D eigenvalue weighted by molar-refractivity contribution is 1.36. The molecule has 3 heteroatoms. The van der Waals surface area contributed by atoms with Gasteiger partial charge in [-0.3, -0.25) is 0 Å². The highest BCUT2D eigenvalue weighted by Crippen LogP contribution is 2.29. The molecule has 1 nitrogen and oxygen atoms in total. The lowest BCUT2D eigenvalue weighted by Crippen LogP contribution is -1.69. The summed E-state index contributed by atoms with van der Waals surface area (Å²) in [5.74, 6) is 0. The molecule has 0 fully saturated rings. The van der Waals surface area contributed by atoms with E-state index in [4.69, 9.17) is 11.6 Å². The van der Waals surface area contributed by atoms with Gasteiger partial charge in [-0.25, -0.2) is 0 Å². The van der Waals surface area contributed by atoms with Crippen LogP contribution in [0.1, 0.15) is 5.56 Å². The van der Waals surface area contributed by atoms with E-state index in [0.717, 1.165) is 15.1 Å². The third kappa shape index (κ3) is 1.06. The number of nitrogens with one attached hydrogen (secondary N) is 1. The van der Waals surface area contributed by atoms with Crippen LogP contribution in [-0.2, 0) is 0 Å². The highest BCUT2D eigenvalue weighted by atomic mass is 79.9. The summed E-state index contributed by atoms with van der Waals surface area (Å²) in [6.07, 6.45) is 0. The maximum Gasteiger partial charge on any atom is 0.0860 e. The van der Waals surface area contributed by atoms with Crippen LogP contribution in [0.15, 0.2) is 22.8 Å². The number of aryl methyl sites for hydroxylation is 1. The standard InChI is InChI=1S/C9H7BrClN/c1-5-6-3-2-4-7(11)8(6)12-9(5)10/h2-4,12H,1H3. The maximum absolute atomic E-state index is 5.99. The highest BCUT2D eigenvalue weighted by molar-refractivity contribution is 9.10. The molecular weight excluding hydrogens is 237 g/mol. The average Bonchev–Trinajstić information content (AvgIpc) is 2.32. The predicted molar refractivity (Wildman–Crippen MR) is 55.7 cm³/mol. The molecule has 0 saturated heterocycles. The van der Waals surface area contributed by atoms with Gasteiger partial charge < -0.3 is 4.98 Å². The predicted octanol–water partition coefficient (Wildman–Crippen LogP) is 3.89. The minimum absolute atomic E-state index is 0.765. The van der Waals surface area contributed by atoms with Gasteiger partial charge in [0.15, 0.2) is 0 Å². The zero-order valence-electron chi connectivity index (χ0n) is 6.49. The monoisotopic (exact) mass is 243 g/mol. The molecule has 0 aliphatic rings. The number of H-pyrrole nitrogens is 1. The smallest absolute Gasteiger partial charge is 0.0860 e. The molecule has 0 atom stereocenters.